The van der Waals surface area contributed by atoms with Crippen molar-refractivity contribution in [3.63, 3.8) is 0 Å². The molecule has 0 N–H and O–H groups in total. The maximum atomic E-state index is 12.3. The number of hydrogen-bond acceptors (Lipinski definition) is 4. The zero-order chi connectivity index (χ0) is 13.5. The molecule has 2 saturated heterocycles. The van der Waals surface area contributed by atoms with Gasteiger partial charge in [-0.3, -0.25) is 4.90 Å². The number of aromatic nitrogens is 3. The predicted molar refractivity (Wildman–Crippen MR) is 70.8 cm³/mol. The fourth-order valence-corrected chi connectivity index (χ4v) is 3.26. The lowest BCUT2D eigenvalue weighted by molar-refractivity contribution is -0.0599. The molecular weight excluding hydrogens is 242 g/mol. The summed E-state index contributed by atoms with van der Waals surface area (Å²) in [5.41, 5.74) is 0.318. The lowest BCUT2D eigenvalue weighted by Crippen LogP contribution is -2.65. The Morgan fingerprint density at radius 3 is 2.74 bits per heavy atom. The molecule has 6 nitrogen and oxygen atoms in total. The van der Waals surface area contributed by atoms with Crippen LogP contribution in [-0.4, -0.2) is 62.8 Å². The highest BCUT2D eigenvalue weighted by atomic mass is 16.2. The van der Waals surface area contributed by atoms with E-state index < -0.39 is 0 Å². The maximum Gasteiger partial charge on any atom is 0.346 e. The summed E-state index contributed by atoms with van der Waals surface area (Å²) in [6.07, 6.45) is 5.20. The van der Waals surface area contributed by atoms with Crippen LogP contribution < -0.4 is 0 Å². The molecule has 0 saturated carbocycles. The first kappa shape index (κ1) is 12.6. The smallest absolute Gasteiger partial charge is 0.322 e. The fourth-order valence-electron chi connectivity index (χ4n) is 3.26. The van der Waals surface area contributed by atoms with Crippen molar-refractivity contribution in [2.24, 2.45) is 5.41 Å². The van der Waals surface area contributed by atoms with Crippen molar-refractivity contribution < 1.29 is 4.79 Å². The summed E-state index contributed by atoms with van der Waals surface area (Å²) in [6, 6.07) is 0.562. The Kier molecular flexibility index (Phi) is 3.05. The van der Waals surface area contributed by atoms with Crippen LogP contribution in [0.5, 0.6) is 0 Å². The van der Waals surface area contributed by atoms with Crippen molar-refractivity contribution >= 4 is 6.03 Å². The summed E-state index contributed by atoms with van der Waals surface area (Å²) in [5, 5.41) is 3.93. The predicted octanol–water partition coefficient (Wildman–Crippen LogP) is 1.05. The Morgan fingerprint density at radius 1 is 1.32 bits per heavy atom. The zero-order valence-electron chi connectivity index (χ0n) is 11.6. The fraction of sp³-hybridized carbons (Fsp3) is 0.769. The summed E-state index contributed by atoms with van der Waals surface area (Å²) >= 11 is 0. The van der Waals surface area contributed by atoms with Gasteiger partial charge < -0.3 is 4.90 Å². The van der Waals surface area contributed by atoms with E-state index in [1.165, 1.54) is 23.8 Å². The quantitative estimate of drug-likeness (QED) is 0.760. The van der Waals surface area contributed by atoms with E-state index in [4.69, 9.17) is 0 Å². The van der Waals surface area contributed by atoms with E-state index in [9.17, 15) is 4.79 Å². The third-order valence-corrected chi connectivity index (χ3v) is 4.35. The van der Waals surface area contributed by atoms with Crippen molar-refractivity contribution in [3.05, 3.63) is 12.7 Å². The van der Waals surface area contributed by atoms with Gasteiger partial charge in [-0.15, -0.1) is 0 Å². The summed E-state index contributed by atoms with van der Waals surface area (Å²) < 4.78 is 1.33. The molecule has 0 radical (unpaired) electrons. The first-order chi connectivity index (χ1) is 9.10. The molecule has 0 aliphatic carbocycles. The van der Waals surface area contributed by atoms with E-state index in [0.717, 1.165) is 32.6 Å². The highest BCUT2D eigenvalue weighted by Crippen LogP contribution is 2.39. The van der Waals surface area contributed by atoms with Gasteiger partial charge >= 0.3 is 6.03 Å². The average Bonchev–Trinajstić information content (AvgIpc) is 2.88. The number of rotatable bonds is 1. The Bertz CT molecular complexity index is 450. The molecule has 2 aliphatic rings. The molecule has 6 heteroatoms. The highest BCUT2D eigenvalue weighted by Gasteiger charge is 2.47. The van der Waals surface area contributed by atoms with Gasteiger partial charge in [0.25, 0.3) is 0 Å². The van der Waals surface area contributed by atoms with Crippen LogP contribution in [0.1, 0.15) is 26.7 Å². The second-order valence-electron chi connectivity index (χ2n) is 6.15. The second kappa shape index (κ2) is 4.59. The molecule has 2 fully saturated rings. The molecule has 1 aromatic heterocycles. The summed E-state index contributed by atoms with van der Waals surface area (Å²) in [7, 11) is 0. The molecule has 3 heterocycles. The Morgan fingerprint density at radius 2 is 2.11 bits per heavy atom. The number of nitrogens with zero attached hydrogens (tertiary/aromatic N) is 5. The Labute approximate surface area is 113 Å². The van der Waals surface area contributed by atoms with Crippen molar-refractivity contribution in [2.45, 2.75) is 32.7 Å². The minimum absolute atomic E-state index is 0.0421. The van der Waals surface area contributed by atoms with Gasteiger partial charge in [0, 0.05) is 37.6 Å². The Hall–Kier alpha value is -1.43. The lowest BCUT2D eigenvalue weighted by atomic mass is 9.73. The standard InChI is InChI=1S/C13H21N5O/c1-11(2)17-7-13(8-17)4-3-5-16(6-13)12(19)18-10-14-9-15-18/h9-11H,3-8H2,1-2H3. The van der Waals surface area contributed by atoms with Gasteiger partial charge in [-0.25, -0.2) is 9.78 Å². The van der Waals surface area contributed by atoms with Crippen LogP contribution in [0.2, 0.25) is 0 Å². The number of piperidine rings is 1. The molecule has 1 amide bonds. The average molecular weight is 263 g/mol. The molecule has 2 aliphatic heterocycles. The van der Waals surface area contributed by atoms with E-state index in [1.54, 1.807) is 0 Å². The lowest BCUT2D eigenvalue weighted by Gasteiger charge is -2.56. The van der Waals surface area contributed by atoms with Crippen LogP contribution in [0.4, 0.5) is 4.79 Å². The molecule has 1 spiro atoms. The molecule has 19 heavy (non-hydrogen) atoms. The molecule has 1 aromatic rings. The number of hydrogen-bond donors (Lipinski definition) is 0. The third-order valence-electron chi connectivity index (χ3n) is 4.35. The first-order valence-corrected chi connectivity index (χ1v) is 6.98. The molecule has 3 rings (SSSR count). The summed E-state index contributed by atoms with van der Waals surface area (Å²) in [6.45, 7) is 8.39. The SMILES string of the molecule is CC(C)N1CC2(CCCN(C(=O)n3cncn3)C2)C1. The van der Waals surface area contributed by atoms with Gasteiger partial charge in [-0.2, -0.15) is 9.78 Å². The number of amides is 1. The van der Waals surface area contributed by atoms with E-state index in [-0.39, 0.29) is 6.03 Å². The van der Waals surface area contributed by atoms with Crippen LogP contribution in [0.25, 0.3) is 0 Å². The van der Waals surface area contributed by atoms with Gasteiger partial charge in [0.15, 0.2) is 0 Å². The summed E-state index contributed by atoms with van der Waals surface area (Å²) in [4.78, 5) is 20.5. The molecule has 0 bridgehead atoms. The normalized spacial score (nSPS) is 22.8. The van der Waals surface area contributed by atoms with E-state index >= 15 is 0 Å². The van der Waals surface area contributed by atoms with Crippen molar-refractivity contribution in [1.29, 1.82) is 0 Å². The molecule has 0 atom stereocenters. The van der Waals surface area contributed by atoms with Crippen LogP contribution in [0.15, 0.2) is 12.7 Å². The molecule has 0 unspecified atom stereocenters. The van der Waals surface area contributed by atoms with Gasteiger partial charge in [0.2, 0.25) is 0 Å². The van der Waals surface area contributed by atoms with Crippen LogP contribution in [0, 0.1) is 5.41 Å². The van der Waals surface area contributed by atoms with E-state index in [1.807, 2.05) is 4.90 Å². The molecule has 104 valence electrons. The Balaban J connectivity index is 1.65. The highest BCUT2D eigenvalue weighted by molar-refractivity contribution is 5.75. The minimum Gasteiger partial charge on any atom is -0.322 e. The zero-order valence-corrected chi connectivity index (χ0v) is 11.6. The minimum atomic E-state index is -0.0421. The van der Waals surface area contributed by atoms with Gasteiger partial charge in [-0.1, -0.05) is 0 Å². The second-order valence-corrected chi connectivity index (χ2v) is 6.15. The topological polar surface area (TPSA) is 54.3 Å². The first-order valence-electron chi connectivity index (χ1n) is 6.98. The van der Waals surface area contributed by atoms with Crippen molar-refractivity contribution in [1.82, 2.24) is 24.6 Å². The maximum absolute atomic E-state index is 12.3. The monoisotopic (exact) mass is 263 g/mol. The largest absolute Gasteiger partial charge is 0.346 e. The molecule has 0 aromatic carbocycles. The number of carbonyl (C=O) groups excluding carboxylic acids is 1. The number of likely N-dealkylation sites (tertiary alicyclic amines) is 2. The molecular formula is C13H21N5O. The van der Waals surface area contributed by atoms with Crippen LogP contribution >= 0.6 is 0 Å². The van der Waals surface area contributed by atoms with Crippen molar-refractivity contribution in [3.8, 4) is 0 Å². The summed E-state index contributed by atoms with van der Waals surface area (Å²) in [5.74, 6) is 0. The van der Waals surface area contributed by atoms with Gasteiger partial charge in [0.1, 0.15) is 12.7 Å². The van der Waals surface area contributed by atoms with E-state index in [0.29, 0.717) is 11.5 Å². The van der Waals surface area contributed by atoms with Crippen LogP contribution in [0.3, 0.4) is 0 Å². The van der Waals surface area contributed by atoms with E-state index in [2.05, 4.69) is 28.8 Å². The number of carbonyl (C=O) groups is 1. The third kappa shape index (κ3) is 2.25. The van der Waals surface area contributed by atoms with Crippen molar-refractivity contribution in [2.75, 3.05) is 26.2 Å². The van der Waals surface area contributed by atoms with Gasteiger partial charge in [-0.05, 0) is 26.7 Å². The van der Waals surface area contributed by atoms with Crippen LogP contribution in [-0.2, 0) is 0 Å². The van der Waals surface area contributed by atoms with Gasteiger partial charge in [0.05, 0.1) is 0 Å².